The van der Waals surface area contributed by atoms with Crippen molar-refractivity contribution in [2.75, 3.05) is 6.61 Å². The number of aromatic nitrogens is 2. The monoisotopic (exact) mass is 722 g/mol. The number of ether oxygens (including phenoxy) is 2. The third-order valence-electron chi connectivity index (χ3n) is 8.41. The molecule has 210 valence electrons. The van der Waals surface area contributed by atoms with Crippen LogP contribution in [0.15, 0.2) is 59.7 Å². The van der Waals surface area contributed by atoms with Gasteiger partial charge in [0.15, 0.2) is 0 Å². The molecule has 5 aromatic rings. The SMILES string of the molecule is Cc1cc(Oc2[c-]c3c(cc2C)C(C)(C)c2cccc4c5cccnc5n-3c24)[c-]c(C2=N[C@H](C(C)(C)C)CO2)c1.[Pt+2]. The number of hydrogen-bond donors (Lipinski definition) is 0. The Bertz CT molecular complexity index is 1880. The number of nitrogens with zero attached hydrogens (tertiary/aromatic N) is 3. The maximum absolute atomic E-state index is 6.54. The maximum atomic E-state index is 6.54. The van der Waals surface area contributed by atoms with Crippen LogP contribution in [0.1, 0.15) is 62.4 Å². The van der Waals surface area contributed by atoms with E-state index in [1.807, 2.05) is 24.4 Å². The minimum absolute atomic E-state index is 0. The third-order valence-corrected chi connectivity index (χ3v) is 8.41. The van der Waals surface area contributed by atoms with Gasteiger partial charge >= 0.3 is 21.1 Å². The van der Waals surface area contributed by atoms with E-state index in [-0.39, 0.29) is 37.9 Å². The first-order valence-electron chi connectivity index (χ1n) is 13.9. The van der Waals surface area contributed by atoms with Gasteiger partial charge in [0, 0.05) is 28.5 Å². The zero-order valence-electron chi connectivity index (χ0n) is 24.5. The second-order valence-electron chi connectivity index (χ2n) is 12.7. The first kappa shape index (κ1) is 27.7. The Hall–Kier alpha value is -3.43. The zero-order chi connectivity index (χ0) is 28.0. The molecule has 3 aromatic carbocycles. The van der Waals surface area contributed by atoms with E-state index < -0.39 is 0 Å². The zero-order valence-corrected chi connectivity index (χ0v) is 26.7. The van der Waals surface area contributed by atoms with Crippen LogP contribution >= 0.6 is 0 Å². The predicted molar refractivity (Wildman–Crippen MR) is 160 cm³/mol. The summed E-state index contributed by atoms with van der Waals surface area (Å²) in [7, 11) is 0. The summed E-state index contributed by atoms with van der Waals surface area (Å²) in [5.74, 6) is 1.93. The fraction of sp³-hybridized carbons (Fsp3) is 0.314. The Balaban J connectivity index is 0.00000302. The Morgan fingerprint density at radius 1 is 1.00 bits per heavy atom. The van der Waals surface area contributed by atoms with Crippen LogP contribution in [-0.2, 0) is 31.2 Å². The quantitative estimate of drug-likeness (QED) is 0.178. The average Bonchev–Trinajstić information content (AvgIpc) is 3.53. The predicted octanol–water partition coefficient (Wildman–Crippen LogP) is 8.02. The summed E-state index contributed by atoms with van der Waals surface area (Å²) in [5.41, 5.74) is 8.32. The van der Waals surface area contributed by atoms with Crippen LogP contribution in [0.4, 0.5) is 0 Å². The van der Waals surface area contributed by atoms with E-state index in [1.54, 1.807) is 0 Å². The Morgan fingerprint density at radius 3 is 2.54 bits per heavy atom. The average molecular weight is 723 g/mol. The number of pyridine rings is 1. The van der Waals surface area contributed by atoms with Gasteiger partial charge in [-0.3, -0.25) is 4.99 Å². The van der Waals surface area contributed by atoms with Crippen LogP contribution in [0, 0.1) is 31.4 Å². The molecule has 0 bridgehead atoms. The van der Waals surface area contributed by atoms with Crippen molar-refractivity contribution in [3.05, 3.63) is 94.7 Å². The van der Waals surface area contributed by atoms with E-state index in [0.29, 0.717) is 24.0 Å². The van der Waals surface area contributed by atoms with Gasteiger partial charge in [0.25, 0.3) is 0 Å². The van der Waals surface area contributed by atoms with Gasteiger partial charge in [-0.25, -0.2) is 4.98 Å². The van der Waals surface area contributed by atoms with E-state index in [0.717, 1.165) is 33.4 Å². The molecule has 41 heavy (non-hydrogen) atoms. The second kappa shape index (κ2) is 9.56. The van der Waals surface area contributed by atoms with E-state index in [1.165, 1.54) is 22.0 Å². The van der Waals surface area contributed by atoms with Crippen LogP contribution in [0.3, 0.4) is 0 Å². The molecule has 0 unspecified atom stereocenters. The summed E-state index contributed by atoms with van der Waals surface area (Å²) in [5, 5.41) is 2.35. The number of benzene rings is 3. The van der Waals surface area contributed by atoms with E-state index in [4.69, 9.17) is 19.5 Å². The number of hydrogen-bond acceptors (Lipinski definition) is 4. The maximum Gasteiger partial charge on any atom is 2.00 e. The molecule has 0 amide bonds. The van der Waals surface area contributed by atoms with Crippen molar-refractivity contribution in [1.82, 2.24) is 9.55 Å². The summed E-state index contributed by atoms with van der Waals surface area (Å²) in [4.78, 5) is 9.67. The second-order valence-corrected chi connectivity index (χ2v) is 12.7. The molecule has 5 nitrogen and oxygen atoms in total. The molecule has 0 saturated heterocycles. The van der Waals surface area contributed by atoms with Gasteiger partial charge in [0.05, 0.1) is 18.2 Å². The summed E-state index contributed by atoms with van der Waals surface area (Å²) in [6.45, 7) is 15.9. The Kier molecular flexibility index (Phi) is 6.46. The summed E-state index contributed by atoms with van der Waals surface area (Å²) in [6.07, 6.45) is 1.86. The van der Waals surface area contributed by atoms with Crippen molar-refractivity contribution in [1.29, 1.82) is 0 Å². The van der Waals surface area contributed by atoms with Crippen molar-refractivity contribution in [2.24, 2.45) is 10.4 Å². The van der Waals surface area contributed by atoms with Crippen molar-refractivity contribution < 1.29 is 30.5 Å². The normalized spacial score (nSPS) is 17.1. The van der Waals surface area contributed by atoms with Crippen LogP contribution in [0.5, 0.6) is 11.5 Å². The van der Waals surface area contributed by atoms with Gasteiger partial charge < -0.3 is 14.0 Å². The molecule has 1 atom stereocenters. The van der Waals surface area contributed by atoms with Crippen molar-refractivity contribution in [3.8, 4) is 17.2 Å². The Labute approximate surface area is 255 Å². The van der Waals surface area contributed by atoms with Gasteiger partial charge in [-0.05, 0) is 28.5 Å². The van der Waals surface area contributed by atoms with Gasteiger partial charge in [-0.2, -0.15) is 6.07 Å². The number of para-hydroxylation sites is 1. The molecule has 4 heterocycles. The van der Waals surface area contributed by atoms with E-state index >= 15 is 0 Å². The topological polar surface area (TPSA) is 48.6 Å². The molecular weight excluding hydrogens is 689 g/mol. The summed E-state index contributed by atoms with van der Waals surface area (Å²) in [6, 6.07) is 24.2. The molecule has 7 rings (SSSR count). The summed E-state index contributed by atoms with van der Waals surface area (Å²) < 4.78 is 14.8. The molecule has 0 aliphatic carbocycles. The largest absolute Gasteiger partial charge is 2.00 e. The number of aryl methyl sites for hydroxylation is 2. The minimum atomic E-state index is -0.205. The number of aliphatic imine (C=N–C) groups is 1. The van der Waals surface area contributed by atoms with E-state index in [9.17, 15) is 0 Å². The van der Waals surface area contributed by atoms with Crippen molar-refractivity contribution >= 4 is 27.8 Å². The van der Waals surface area contributed by atoms with Crippen LogP contribution in [-0.4, -0.2) is 28.1 Å². The van der Waals surface area contributed by atoms with Crippen LogP contribution < -0.4 is 4.74 Å². The van der Waals surface area contributed by atoms with Crippen LogP contribution in [0.2, 0.25) is 0 Å². The standard InChI is InChI=1S/C35H33N3O2.Pt/c1-20-14-22(33-37-30(19-39-33)34(3,4)5)17-23(15-20)40-29-18-28-27(16-21(29)2)35(6,7)26-12-8-10-24-25-11-9-13-36-32(25)38(28)31(24)26;/h8-16,30H,19H2,1-7H3;/q-2;+2/t30-;/m0./s1. The van der Waals surface area contributed by atoms with Gasteiger partial charge in [0.1, 0.15) is 11.5 Å². The molecule has 0 radical (unpaired) electrons. The minimum Gasteiger partial charge on any atom is -0.518 e. The molecule has 0 fully saturated rings. The van der Waals surface area contributed by atoms with Crippen molar-refractivity contribution in [3.63, 3.8) is 0 Å². The molecule has 2 aliphatic heterocycles. The van der Waals surface area contributed by atoms with Crippen LogP contribution in [0.25, 0.3) is 27.6 Å². The first-order chi connectivity index (χ1) is 19.0. The van der Waals surface area contributed by atoms with E-state index in [2.05, 4.69) is 95.5 Å². The first-order valence-corrected chi connectivity index (χ1v) is 13.9. The third kappa shape index (κ3) is 4.32. The van der Waals surface area contributed by atoms with Crippen molar-refractivity contribution in [2.45, 2.75) is 59.9 Å². The van der Waals surface area contributed by atoms with Gasteiger partial charge in [-0.1, -0.05) is 90.0 Å². The van der Waals surface area contributed by atoms with Gasteiger partial charge in [0.2, 0.25) is 0 Å². The molecule has 0 N–H and O–H groups in total. The molecule has 6 heteroatoms. The fourth-order valence-corrected chi connectivity index (χ4v) is 6.07. The molecule has 2 aromatic heterocycles. The Morgan fingerprint density at radius 2 is 1.78 bits per heavy atom. The molecule has 2 aliphatic rings. The van der Waals surface area contributed by atoms with Gasteiger partial charge in [-0.15, -0.1) is 28.8 Å². The molecule has 0 saturated carbocycles. The fourth-order valence-electron chi connectivity index (χ4n) is 6.07. The smallest absolute Gasteiger partial charge is 0.518 e. The molecule has 0 spiro atoms. The number of rotatable bonds is 3. The summed E-state index contributed by atoms with van der Waals surface area (Å²) >= 11 is 0. The molecular formula is C35H33N3O2Pt. The number of fused-ring (bicyclic) bond motifs is 5.